The van der Waals surface area contributed by atoms with Crippen molar-refractivity contribution in [1.82, 2.24) is 5.32 Å². The molecule has 1 aliphatic rings. The Labute approximate surface area is 79.3 Å². The fourth-order valence-electron chi connectivity index (χ4n) is 1.11. The summed E-state index contributed by atoms with van der Waals surface area (Å²) in [6.45, 7) is 4.48. The summed E-state index contributed by atoms with van der Waals surface area (Å²) in [5.41, 5.74) is 0. The van der Waals surface area contributed by atoms with Gasteiger partial charge in [-0.25, -0.2) is 0 Å². The number of carbonyl (C=O) groups excluding carboxylic acids is 1. The molecule has 0 spiro atoms. The standard InChI is InChI=1S/C8H15NO2.ClH/c1-2-11-8(10)4-3-7-5-9-6-7;/h7,9H,2-6H2,1H3;1H. The van der Waals surface area contributed by atoms with Crippen LogP contribution in [-0.4, -0.2) is 25.7 Å². The summed E-state index contributed by atoms with van der Waals surface area (Å²) in [6.07, 6.45) is 1.56. The molecule has 72 valence electrons. The van der Waals surface area contributed by atoms with Gasteiger partial charge in [0.2, 0.25) is 0 Å². The minimum absolute atomic E-state index is 0. The van der Waals surface area contributed by atoms with Gasteiger partial charge < -0.3 is 10.1 Å². The zero-order chi connectivity index (χ0) is 8.10. The number of carbonyl (C=O) groups is 1. The topological polar surface area (TPSA) is 38.3 Å². The maximum Gasteiger partial charge on any atom is 0.305 e. The number of hydrogen-bond donors (Lipinski definition) is 1. The van der Waals surface area contributed by atoms with Gasteiger partial charge in [0, 0.05) is 6.42 Å². The molecule has 0 aromatic carbocycles. The van der Waals surface area contributed by atoms with Gasteiger partial charge in [-0.05, 0) is 32.4 Å². The van der Waals surface area contributed by atoms with E-state index in [0.29, 0.717) is 18.9 Å². The molecule has 1 rings (SSSR count). The molecule has 3 nitrogen and oxygen atoms in total. The monoisotopic (exact) mass is 193 g/mol. The average molecular weight is 194 g/mol. The van der Waals surface area contributed by atoms with Crippen molar-refractivity contribution >= 4 is 18.4 Å². The first-order chi connectivity index (χ1) is 5.33. The smallest absolute Gasteiger partial charge is 0.305 e. The highest BCUT2D eigenvalue weighted by atomic mass is 35.5. The van der Waals surface area contributed by atoms with E-state index in [0.717, 1.165) is 19.5 Å². The Morgan fingerprint density at radius 3 is 2.67 bits per heavy atom. The quantitative estimate of drug-likeness (QED) is 0.677. The van der Waals surface area contributed by atoms with Crippen molar-refractivity contribution in [2.75, 3.05) is 19.7 Å². The minimum atomic E-state index is -0.0561. The maximum atomic E-state index is 10.8. The van der Waals surface area contributed by atoms with Crippen LogP contribution in [0.3, 0.4) is 0 Å². The lowest BCUT2D eigenvalue weighted by Gasteiger charge is -2.26. The highest BCUT2D eigenvalue weighted by molar-refractivity contribution is 5.85. The summed E-state index contributed by atoms with van der Waals surface area (Å²) in [4.78, 5) is 10.8. The van der Waals surface area contributed by atoms with Crippen molar-refractivity contribution in [3.63, 3.8) is 0 Å². The van der Waals surface area contributed by atoms with Crippen LogP contribution >= 0.6 is 12.4 Å². The number of hydrogen-bond acceptors (Lipinski definition) is 3. The first kappa shape index (κ1) is 11.7. The normalized spacial score (nSPS) is 16.1. The molecule has 0 bridgehead atoms. The van der Waals surface area contributed by atoms with Gasteiger partial charge in [0.1, 0.15) is 0 Å². The summed E-state index contributed by atoms with van der Waals surface area (Å²) in [7, 11) is 0. The van der Waals surface area contributed by atoms with Gasteiger partial charge in [-0.1, -0.05) is 0 Å². The molecule has 0 aromatic rings. The van der Waals surface area contributed by atoms with Crippen LogP contribution in [0.25, 0.3) is 0 Å². The van der Waals surface area contributed by atoms with Crippen LogP contribution in [0.1, 0.15) is 19.8 Å². The largest absolute Gasteiger partial charge is 0.466 e. The lowest BCUT2D eigenvalue weighted by Crippen LogP contribution is -2.42. The van der Waals surface area contributed by atoms with E-state index in [1.165, 1.54) is 0 Å². The predicted octanol–water partition coefficient (Wildman–Crippen LogP) is 0.971. The van der Waals surface area contributed by atoms with E-state index >= 15 is 0 Å². The summed E-state index contributed by atoms with van der Waals surface area (Å²) in [5, 5.41) is 3.16. The highest BCUT2D eigenvalue weighted by Gasteiger charge is 2.17. The maximum absolute atomic E-state index is 10.8. The molecule has 0 atom stereocenters. The van der Waals surface area contributed by atoms with E-state index in [4.69, 9.17) is 4.74 Å². The summed E-state index contributed by atoms with van der Waals surface area (Å²) in [5.74, 6) is 0.652. The molecule has 4 heteroatoms. The second-order valence-corrected chi connectivity index (χ2v) is 2.87. The number of ether oxygens (including phenoxy) is 1. The molecule has 1 heterocycles. The first-order valence-corrected chi connectivity index (χ1v) is 4.19. The van der Waals surface area contributed by atoms with E-state index < -0.39 is 0 Å². The zero-order valence-electron chi connectivity index (χ0n) is 7.34. The fraction of sp³-hybridized carbons (Fsp3) is 0.875. The van der Waals surface area contributed by atoms with E-state index in [-0.39, 0.29) is 18.4 Å². The van der Waals surface area contributed by atoms with Crippen LogP contribution in [-0.2, 0) is 9.53 Å². The average Bonchev–Trinajstić information content (AvgIpc) is 1.85. The Kier molecular flexibility index (Phi) is 6.11. The molecule has 1 fully saturated rings. The van der Waals surface area contributed by atoms with Crippen molar-refractivity contribution in [3.8, 4) is 0 Å². The lowest BCUT2D eigenvalue weighted by molar-refractivity contribution is -0.143. The fourth-order valence-corrected chi connectivity index (χ4v) is 1.11. The molecule has 12 heavy (non-hydrogen) atoms. The Bertz CT molecular complexity index is 137. The van der Waals surface area contributed by atoms with Crippen LogP contribution < -0.4 is 5.32 Å². The Morgan fingerprint density at radius 2 is 2.25 bits per heavy atom. The van der Waals surface area contributed by atoms with Crippen molar-refractivity contribution in [1.29, 1.82) is 0 Å². The molecule has 0 saturated carbocycles. The van der Waals surface area contributed by atoms with Crippen molar-refractivity contribution in [3.05, 3.63) is 0 Å². The van der Waals surface area contributed by atoms with Gasteiger partial charge in [-0.2, -0.15) is 0 Å². The SMILES string of the molecule is CCOC(=O)CCC1CNC1.Cl. The van der Waals surface area contributed by atoms with Crippen molar-refractivity contribution in [2.24, 2.45) is 5.92 Å². The molecule has 0 aromatic heterocycles. The van der Waals surface area contributed by atoms with Crippen LogP contribution in [0, 0.1) is 5.92 Å². The molecule has 1 saturated heterocycles. The third-order valence-electron chi connectivity index (χ3n) is 1.93. The van der Waals surface area contributed by atoms with Crippen molar-refractivity contribution < 1.29 is 9.53 Å². The molecule has 0 amide bonds. The summed E-state index contributed by atoms with van der Waals surface area (Å²) in [6, 6.07) is 0. The second-order valence-electron chi connectivity index (χ2n) is 2.87. The van der Waals surface area contributed by atoms with Crippen LogP contribution in [0.15, 0.2) is 0 Å². The molecular weight excluding hydrogens is 178 g/mol. The van der Waals surface area contributed by atoms with Gasteiger partial charge >= 0.3 is 5.97 Å². The third-order valence-corrected chi connectivity index (χ3v) is 1.93. The van der Waals surface area contributed by atoms with Gasteiger partial charge in [-0.3, -0.25) is 4.79 Å². The molecule has 0 radical (unpaired) electrons. The number of halogens is 1. The Hall–Kier alpha value is -0.280. The minimum Gasteiger partial charge on any atom is -0.466 e. The summed E-state index contributed by atoms with van der Waals surface area (Å²) >= 11 is 0. The van der Waals surface area contributed by atoms with Crippen LogP contribution in [0.2, 0.25) is 0 Å². The Balaban J connectivity index is 0.00000121. The third kappa shape index (κ3) is 3.93. The van der Waals surface area contributed by atoms with Gasteiger partial charge in [-0.15, -0.1) is 12.4 Å². The van der Waals surface area contributed by atoms with Gasteiger partial charge in [0.05, 0.1) is 6.61 Å². The molecule has 0 unspecified atom stereocenters. The number of esters is 1. The van der Waals surface area contributed by atoms with E-state index in [9.17, 15) is 4.79 Å². The van der Waals surface area contributed by atoms with Crippen molar-refractivity contribution in [2.45, 2.75) is 19.8 Å². The molecular formula is C8H16ClNO2. The summed E-state index contributed by atoms with van der Waals surface area (Å²) < 4.78 is 4.80. The van der Waals surface area contributed by atoms with E-state index in [1.807, 2.05) is 6.92 Å². The van der Waals surface area contributed by atoms with Gasteiger partial charge in [0.25, 0.3) is 0 Å². The second kappa shape index (κ2) is 6.26. The van der Waals surface area contributed by atoms with Crippen LogP contribution in [0.5, 0.6) is 0 Å². The van der Waals surface area contributed by atoms with Gasteiger partial charge in [0.15, 0.2) is 0 Å². The highest BCUT2D eigenvalue weighted by Crippen LogP contribution is 2.10. The first-order valence-electron chi connectivity index (χ1n) is 4.19. The molecule has 0 aliphatic carbocycles. The number of nitrogens with one attached hydrogen (secondary N) is 1. The lowest BCUT2D eigenvalue weighted by atomic mass is 9.98. The molecule has 1 N–H and O–H groups in total. The van der Waals surface area contributed by atoms with Crippen LogP contribution in [0.4, 0.5) is 0 Å². The molecule has 1 aliphatic heterocycles. The Morgan fingerprint density at radius 1 is 1.58 bits per heavy atom. The van der Waals surface area contributed by atoms with E-state index in [2.05, 4.69) is 5.32 Å². The number of rotatable bonds is 4. The predicted molar refractivity (Wildman–Crippen MR) is 49.5 cm³/mol. The van der Waals surface area contributed by atoms with E-state index in [1.54, 1.807) is 0 Å². The zero-order valence-corrected chi connectivity index (χ0v) is 8.15.